The number of carbonyl (C=O) groups is 1. The summed E-state index contributed by atoms with van der Waals surface area (Å²) >= 11 is 0. The maximum absolute atomic E-state index is 10.3. The Balaban J connectivity index is 2.63. The number of hydrogen-bond acceptors (Lipinski definition) is 1. The largest absolute Gasteiger partial charge is 0.299 e. The van der Waals surface area contributed by atoms with Gasteiger partial charge in [-0.3, -0.25) is 4.79 Å². The van der Waals surface area contributed by atoms with Gasteiger partial charge >= 0.3 is 0 Å². The Morgan fingerprint density at radius 2 is 2.00 bits per heavy atom. The van der Waals surface area contributed by atoms with Gasteiger partial charge in [0.15, 0.2) is 0 Å². The molecule has 0 aliphatic rings. The summed E-state index contributed by atoms with van der Waals surface area (Å²) in [5, 5.41) is 0. The van der Waals surface area contributed by atoms with Crippen LogP contribution in [0.25, 0.3) is 0 Å². The lowest BCUT2D eigenvalue weighted by molar-refractivity contribution is -0.104. The number of rotatable bonds is 4. The van der Waals surface area contributed by atoms with E-state index in [0.717, 1.165) is 18.3 Å². The highest BCUT2D eigenvalue weighted by atomic mass is 16.1. The molecule has 1 heteroatoms. The minimum absolute atomic E-state index is 0.479. The van der Waals surface area contributed by atoms with Gasteiger partial charge in [-0.25, -0.2) is 0 Å². The fraction of sp³-hybridized carbons (Fsp3) is 0.308. The van der Waals surface area contributed by atoms with Crippen LogP contribution in [-0.4, -0.2) is 6.29 Å². The molecule has 1 unspecified atom stereocenters. The van der Waals surface area contributed by atoms with E-state index in [0.29, 0.717) is 5.92 Å². The molecule has 0 aromatic heterocycles. The van der Waals surface area contributed by atoms with Crippen LogP contribution in [0.3, 0.4) is 0 Å². The third-order valence-electron chi connectivity index (χ3n) is 2.35. The summed E-state index contributed by atoms with van der Waals surface area (Å²) in [6.07, 6.45) is 3.44. The van der Waals surface area contributed by atoms with Gasteiger partial charge in [0.25, 0.3) is 0 Å². The summed E-state index contributed by atoms with van der Waals surface area (Å²) < 4.78 is 0. The van der Waals surface area contributed by atoms with E-state index < -0.39 is 0 Å². The summed E-state index contributed by atoms with van der Waals surface area (Å²) in [6, 6.07) is 10.4. The van der Waals surface area contributed by atoms with Crippen LogP contribution in [-0.2, 0) is 4.79 Å². The van der Waals surface area contributed by atoms with Crippen molar-refractivity contribution in [3.05, 3.63) is 47.5 Å². The average molecular weight is 188 g/mol. The number of benzene rings is 1. The van der Waals surface area contributed by atoms with Gasteiger partial charge in [-0.15, -0.1) is 0 Å². The summed E-state index contributed by atoms with van der Waals surface area (Å²) in [5.41, 5.74) is 2.46. The normalized spacial score (nSPS) is 13.7. The molecule has 1 atom stereocenters. The molecule has 0 N–H and O–H groups in total. The maximum atomic E-state index is 10.3. The second-order valence-electron chi connectivity index (χ2n) is 3.66. The van der Waals surface area contributed by atoms with Gasteiger partial charge in [0.2, 0.25) is 0 Å². The van der Waals surface area contributed by atoms with Gasteiger partial charge in [-0.2, -0.15) is 0 Å². The highest BCUT2D eigenvalue weighted by Crippen LogP contribution is 2.21. The molecule has 14 heavy (non-hydrogen) atoms. The molecule has 0 spiro atoms. The predicted octanol–water partition coefficient (Wildman–Crippen LogP) is 3.33. The summed E-state index contributed by atoms with van der Waals surface area (Å²) in [5.74, 6) is 0.479. The molecule has 0 saturated heterocycles. The molecule has 1 aromatic carbocycles. The molecule has 0 amide bonds. The lowest BCUT2D eigenvalue weighted by Gasteiger charge is -2.11. The fourth-order valence-corrected chi connectivity index (χ4v) is 1.57. The third-order valence-corrected chi connectivity index (χ3v) is 2.35. The van der Waals surface area contributed by atoms with Crippen LogP contribution in [0.1, 0.15) is 31.7 Å². The first-order chi connectivity index (χ1) is 6.74. The Labute approximate surface area is 85.5 Å². The van der Waals surface area contributed by atoms with E-state index in [2.05, 4.69) is 19.1 Å². The Kier molecular flexibility index (Phi) is 4.11. The van der Waals surface area contributed by atoms with Crippen molar-refractivity contribution in [1.82, 2.24) is 0 Å². The van der Waals surface area contributed by atoms with Crippen molar-refractivity contribution < 1.29 is 4.79 Å². The molecule has 1 nitrogen and oxygen atoms in total. The first kappa shape index (κ1) is 10.7. The maximum Gasteiger partial charge on any atom is 0.142 e. The first-order valence-electron chi connectivity index (χ1n) is 4.90. The van der Waals surface area contributed by atoms with Crippen LogP contribution >= 0.6 is 0 Å². The topological polar surface area (TPSA) is 17.1 Å². The molecule has 0 aliphatic heterocycles. The zero-order valence-electron chi connectivity index (χ0n) is 8.73. The highest BCUT2D eigenvalue weighted by Gasteiger charge is 2.04. The average Bonchev–Trinajstić information content (AvgIpc) is 2.19. The molecule has 1 rings (SSSR count). The lowest BCUT2D eigenvalue weighted by Crippen LogP contribution is -1.94. The molecule has 0 bridgehead atoms. The smallest absolute Gasteiger partial charge is 0.142 e. The molecule has 0 heterocycles. The van der Waals surface area contributed by atoms with Crippen molar-refractivity contribution in [1.29, 1.82) is 0 Å². The second-order valence-corrected chi connectivity index (χ2v) is 3.66. The Morgan fingerprint density at radius 3 is 2.57 bits per heavy atom. The number of allylic oxidation sites excluding steroid dienone is 2. The van der Waals surface area contributed by atoms with Crippen LogP contribution in [0.4, 0.5) is 0 Å². The van der Waals surface area contributed by atoms with E-state index in [-0.39, 0.29) is 0 Å². The van der Waals surface area contributed by atoms with Crippen molar-refractivity contribution in [3.8, 4) is 0 Å². The molecule has 74 valence electrons. The first-order valence-corrected chi connectivity index (χ1v) is 4.90. The zero-order valence-corrected chi connectivity index (χ0v) is 8.73. The summed E-state index contributed by atoms with van der Waals surface area (Å²) in [6.45, 7) is 4.17. The second kappa shape index (κ2) is 5.38. The van der Waals surface area contributed by atoms with Crippen LogP contribution in [0.2, 0.25) is 0 Å². The van der Waals surface area contributed by atoms with Crippen LogP contribution in [0.5, 0.6) is 0 Å². The van der Waals surface area contributed by atoms with Crippen molar-refractivity contribution in [3.63, 3.8) is 0 Å². The minimum Gasteiger partial charge on any atom is -0.299 e. The van der Waals surface area contributed by atoms with Gasteiger partial charge in [0.05, 0.1) is 0 Å². The predicted molar refractivity (Wildman–Crippen MR) is 59.3 cm³/mol. The Morgan fingerprint density at radius 1 is 1.36 bits per heavy atom. The number of aldehydes is 1. The molecular formula is C13H16O. The van der Waals surface area contributed by atoms with Crippen LogP contribution < -0.4 is 0 Å². The van der Waals surface area contributed by atoms with E-state index in [4.69, 9.17) is 0 Å². The Bertz CT molecular complexity index is 311. The zero-order chi connectivity index (χ0) is 10.4. The van der Waals surface area contributed by atoms with E-state index in [9.17, 15) is 4.79 Å². The SMILES string of the molecule is C/C(=C\C=O)CC(C)c1ccccc1. The van der Waals surface area contributed by atoms with E-state index in [1.54, 1.807) is 6.08 Å². The van der Waals surface area contributed by atoms with E-state index in [1.165, 1.54) is 5.56 Å². The van der Waals surface area contributed by atoms with Crippen molar-refractivity contribution >= 4 is 6.29 Å². The molecule has 0 saturated carbocycles. The van der Waals surface area contributed by atoms with Gasteiger partial charge in [0.1, 0.15) is 6.29 Å². The fourth-order valence-electron chi connectivity index (χ4n) is 1.57. The van der Waals surface area contributed by atoms with Gasteiger partial charge in [0, 0.05) is 0 Å². The lowest BCUT2D eigenvalue weighted by atomic mass is 9.94. The number of carbonyl (C=O) groups excluding carboxylic acids is 1. The van der Waals surface area contributed by atoms with Crippen LogP contribution in [0, 0.1) is 0 Å². The van der Waals surface area contributed by atoms with Gasteiger partial charge in [-0.05, 0) is 30.9 Å². The molecule has 1 aromatic rings. The highest BCUT2D eigenvalue weighted by molar-refractivity contribution is 5.65. The standard InChI is InChI=1S/C13H16O/c1-11(8-9-14)10-12(2)13-6-4-3-5-7-13/h3-9,12H,10H2,1-2H3/b11-8+. The Hall–Kier alpha value is -1.37. The van der Waals surface area contributed by atoms with Crippen molar-refractivity contribution in [2.24, 2.45) is 0 Å². The van der Waals surface area contributed by atoms with Gasteiger partial charge in [-0.1, -0.05) is 42.8 Å². The van der Waals surface area contributed by atoms with Crippen LogP contribution in [0.15, 0.2) is 42.0 Å². The summed E-state index contributed by atoms with van der Waals surface area (Å²) in [7, 11) is 0. The summed E-state index contributed by atoms with van der Waals surface area (Å²) in [4.78, 5) is 10.3. The quantitative estimate of drug-likeness (QED) is 0.523. The van der Waals surface area contributed by atoms with Gasteiger partial charge < -0.3 is 0 Å². The van der Waals surface area contributed by atoms with Crippen molar-refractivity contribution in [2.45, 2.75) is 26.2 Å². The van der Waals surface area contributed by atoms with E-state index >= 15 is 0 Å². The molecule has 0 radical (unpaired) electrons. The minimum atomic E-state index is 0.479. The monoisotopic (exact) mass is 188 g/mol. The molecule has 0 aliphatic carbocycles. The van der Waals surface area contributed by atoms with E-state index in [1.807, 2.05) is 25.1 Å². The molecular weight excluding hydrogens is 172 g/mol. The third kappa shape index (κ3) is 3.17. The van der Waals surface area contributed by atoms with Crippen molar-refractivity contribution in [2.75, 3.05) is 0 Å². The molecule has 0 fully saturated rings. The number of hydrogen-bond donors (Lipinski definition) is 0.